The Balaban J connectivity index is 0.000000113. The third-order valence-electron chi connectivity index (χ3n) is 2.38. The zero-order chi connectivity index (χ0) is 8.93. The third-order valence-corrected chi connectivity index (χ3v) is 2.38. The summed E-state index contributed by atoms with van der Waals surface area (Å²) in [5.74, 6) is 0. The highest BCUT2D eigenvalue weighted by Gasteiger charge is 2.08. The summed E-state index contributed by atoms with van der Waals surface area (Å²) < 4.78 is 0. The Kier molecular flexibility index (Phi) is 2.61. The fraction of sp³-hybridized carbons (Fsp3) is 0.231. The lowest BCUT2D eigenvalue weighted by Crippen LogP contribution is -1.67. The summed E-state index contributed by atoms with van der Waals surface area (Å²) in [5.41, 5.74) is 3.06. The van der Waals surface area contributed by atoms with Crippen LogP contribution in [0.15, 0.2) is 59.8 Å². The van der Waals surface area contributed by atoms with Crippen molar-refractivity contribution in [1.82, 2.24) is 0 Å². The number of hydrogen-bond donors (Lipinski definition) is 0. The summed E-state index contributed by atoms with van der Waals surface area (Å²) in [6.07, 6.45) is 20.8. The molecule has 0 nitrogen and oxygen atoms in total. The topological polar surface area (TPSA) is 0 Å². The summed E-state index contributed by atoms with van der Waals surface area (Å²) in [7, 11) is 0. The first-order chi connectivity index (χ1) is 6.47. The van der Waals surface area contributed by atoms with Crippen molar-refractivity contribution in [2.75, 3.05) is 0 Å². The molecular formula is C13H14. The lowest BCUT2D eigenvalue weighted by atomic mass is 10.2. The van der Waals surface area contributed by atoms with Crippen LogP contribution in [0.25, 0.3) is 0 Å². The van der Waals surface area contributed by atoms with Gasteiger partial charge in [-0.1, -0.05) is 48.6 Å². The minimum Gasteiger partial charge on any atom is -0.0808 e. The summed E-state index contributed by atoms with van der Waals surface area (Å²) in [6.45, 7) is 0. The molecule has 0 unspecified atom stereocenters. The maximum atomic E-state index is 2.23. The summed E-state index contributed by atoms with van der Waals surface area (Å²) in [5, 5.41) is 0. The van der Waals surface area contributed by atoms with Gasteiger partial charge >= 0.3 is 0 Å². The van der Waals surface area contributed by atoms with E-state index in [4.69, 9.17) is 0 Å². The van der Waals surface area contributed by atoms with Crippen molar-refractivity contribution in [2.24, 2.45) is 0 Å². The zero-order valence-corrected chi connectivity index (χ0v) is 7.74. The second kappa shape index (κ2) is 4.08. The Morgan fingerprint density at radius 3 is 1.62 bits per heavy atom. The van der Waals surface area contributed by atoms with Crippen LogP contribution in [0.4, 0.5) is 0 Å². The van der Waals surface area contributed by atoms with Crippen LogP contribution in [0.2, 0.25) is 0 Å². The SMILES string of the molecule is C1=CC2=C(C=CC2)C1.C1=CCC=C1. The Labute approximate surface area is 79.7 Å². The Hall–Kier alpha value is -1.30. The predicted octanol–water partition coefficient (Wildman–Crippen LogP) is 3.71. The number of rotatable bonds is 0. The normalized spacial score (nSPS) is 20.9. The average molecular weight is 170 g/mol. The monoisotopic (exact) mass is 170 g/mol. The van der Waals surface area contributed by atoms with Crippen molar-refractivity contribution < 1.29 is 0 Å². The van der Waals surface area contributed by atoms with Crippen molar-refractivity contribution in [1.29, 1.82) is 0 Å². The molecule has 0 saturated carbocycles. The van der Waals surface area contributed by atoms with Gasteiger partial charge in [0.15, 0.2) is 0 Å². The van der Waals surface area contributed by atoms with Crippen LogP contribution in [-0.2, 0) is 0 Å². The lowest BCUT2D eigenvalue weighted by Gasteiger charge is -1.86. The molecule has 3 aliphatic rings. The van der Waals surface area contributed by atoms with E-state index in [2.05, 4.69) is 48.6 Å². The van der Waals surface area contributed by atoms with E-state index in [9.17, 15) is 0 Å². The zero-order valence-electron chi connectivity index (χ0n) is 7.74. The van der Waals surface area contributed by atoms with E-state index in [0.717, 1.165) is 6.42 Å². The van der Waals surface area contributed by atoms with Gasteiger partial charge in [-0.3, -0.25) is 0 Å². The first-order valence-electron chi connectivity index (χ1n) is 4.83. The summed E-state index contributed by atoms with van der Waals surface area (Å²) in [4.78, 5) is 0. The molecule has 0 aliphatic heterocycles. The van der Waals surface area contributed by atoms with Crippen LogP contribution in [0.3, 0.4) is 0 Å². The maximum Gasteiger partial charge on any atom is -0.00915 e. The van der Waals surface area contributed by atoms with Crippen molar-refractivity contribution >= 4 is 0 Å². The third kappa shape index (κ3) is 2.09. The lowest BCUT2D eigenvalue weighted by molar-refractivity contribution is 1.30. The molecule has 0 bridgehead atoms. The highest BCUT2D eigenvalue weighted by Crippen LogP contribution is 2.27. The molecule has 0 amide bonds. The van der Waals surface area contributed by atoms with E-state index in [1.54, 1.807) is 0 Å². The molecule has 0 aromatic heterocycles. The molecule has 0 aromatic rings. The van der Waals surface area contributed by atoms with E-state index in [-0.39, 0.29) is 0 Å². The van der Waals surface area contributed by atoms with Gasteiger partial charge in [-0.15, -0.1) is 0 Å². The molecule has 0 atom stereocenters. The minimum atomic E-state index is 1.14. The Morgan fingerprint density at radius 2 is 1.23 bits per heavy atom. The van der Waals surface area contributed by atoms with E-state index in [1.807, 2.05) is 0 Å². The smallest absolute Gasteiger partial charge is 0.00915 e. The van der Waals surface area contributed by atoms with Crippen LogP contribution in [0, 0.1) is 0 Å². The predicted molar refractivity (Wildman–Crippen MR) is 57.4 cm³/mol. The fourth-order valence-corrected chi connectivity index (χ4v) is 1.66. The van der Waals surface area contributed by atoms with Gasteiger partial charge in [0.05, 0.1) is 0 Å². The van der Waals surface area contributed by atoms with Crippen LogP contribution in [0.1, 0.15) is 19.3 Å². The fourth-order valence-electron chi connectivity index (χ4n) is 1.66. The van der Waals surface area contributed by atoms with E-state index < -0.39 is 0 Å². The van der Waals surface area contributed by atoms with E-state index in [0.29, 0.717) is 0 Å². The van der Waals surface area contributed by atoms with Gasteiger partial charge in [0.2, 0.25) is 0 Å². The van der Waals surface area contributed by atoms with Gasteiger partial charge in [0.25, 0.3) is 0 Å². The Morgan fingerprint density at radius 1 is 0.692 bits per heavy atom. The molecule has 0 heterocycles. The van der Waals surface area contributed by atoms with Crippen molar-refractivity contribution in [3.8, 4) is 0 Å². The highest BCUT2D eigenvalue weighted by molar-refractivity contribution is 5.45. The van der Waals surface area contributed by atoms with Crippen molar-refractivity contribution in [3.63, 3.8) is 0 Å². The molecule has 0 saturated heterocycles. The minimum absolute atomic E-state index is 1.14. The van der Waals surface area contributed by atoms with Gasteiger partial charge in [-0.2, -0.15) is 0 Å². The van der Waals surface area contributed by atoms with Gasteiger partial charge in [0, 0.05) is 0 Å². The van der Waals surface area contributed by atoms with Crippen LogP contribution in [-0.4, -0.2) is 0 Å². The van der Waals surface area contributed by atoms with Gasteiger partial charge in [0.1, 0.15) is 0 Å². The molecule has 66 valence electrons. The van der Waals surface area contributed by atoms with Crippen LogP contribution >= 0.6 is 0 Å². The highest BCUT2D eigenvalue weighted by atomic mass is 14.1. The van der Waals surface area contributed by atoms with E-state index >= 15 is 0 Å². The largest absolute Gasteiger partial charge is 0.0808 e. The first-order valence-corrected chi connectivity index (χ1v) is 4.83. The second-order valence-electron chi connectivity index (χ2n) is 3.36. The van der Waals surface area contributed by atoms with Gasteiger partial charge < -0.3 is 0 Å². The van der Waals surface area contributed by atoms with Crippen LogP contribution in [0.5, 0.6) is 0 Å². The van der Waals surface area contributed by atoms with Gasteiger partial charge in [-0.05, 0) is 30.4 Å². The first kappa shape index (κ1) is 8.31. The molecule has 13 heavy (non-hydrogen) atoms. The molecule has 0 spiro atoms. The van der Waals surface area contributed by atoms with Crippen molar-refractivity contribution in [3.05, 3.63) is 59.8 Å². The number of allylic oxidation sites excluding steroid dienone is 10. The average Bonchev–Trinajstić information content (AvgIpc) is 2.84. The molecular weight excluding hydrogens is 156 g/mol. The number of hydrogen-bond acceptors (Lipinski definition) is 0. The van der Waals surface area contributed by atoms with Crippen LogP contribution < -0.4 is 0 Å². The molecule has 0 aromatic carbocycles. The molecule has 0 fully saturated rings. The van der Waals surface area contributed by atoms with Gasteiger partial charge in [-0.25, -0.2) is 0 Å². The maximum absolute atomic E-state index is 2.23. The molecule has 0 heteroatoms. The Bertz CT molecular complexity index is 290. The summed E-state index contributed by atoms with van der Waals surface area (Å²) in [6, 6.07) is 0. The quantitative estimate of drug-likeness (QED) is 0.520. The molecule has 3 rings (SSSR count). The van der Waals surface area contributed by atoms with Crippen molar-refractivity contribution in [2.45, 2.75) is 19.3 Å². The second-order valence-corrected chi connectivity index (χ2v) is 3.36. The molecule has 0 radical (unpaired) electrons. The van der Waals surface area contributed by atoms with E-state index in [1.165, 1.54) is 24.0 Å². The molecule has 3 aliphatic carbocycles. The standard InChI is InChI=1S/C8H8.C5H6/c1-3-7-5-2-6-8(7)4-1;1-2-4-5-3-1/h1-3,6H,4-5H2;1-4H,5H2. The molecule has 0 N–H and O–H groups in total. The summed E-state index contributed by atoms with van der Waals surface area (Å²) >= 11 is 0.